The van der Waals surface area contributed by atoms with Crippen LogP contribution in [0.4, 0.5) is 5.69 Å². The van der Waals surface area contributed by atoms with E-state index in [2.05, 4.69) is 10.2 Å². The van der Waals surface area contributed by atoms with Crippen molar-refractivity contribution in [3.8, 4) is 0 Å². The Morgan fingerprint density at radius 1 is 1.13 bits per heavy atom. The van der Waals surface area contributed by atoms with Crippen molar-refractivity contribution in [2.24, 2.45) is 0 Å². The Balaban J connectivity index is 2.05. The van der Waals surface area contributed by atoms with Crippen molar-refractivity contribution in [3.05, 3.63) is 29.8 Å². The van der Waals surface area contributed by atoms with Crippen LogP contribution in [-0.2, 0) is 14.3 Å². The lowest BCUT2D eigenvalue weighted by Gasteiger charge is -2.31. The Morgan fingerprint density at radius 2 is 1.78 bits per heavy atom. The predicted molar refractivity (Wildman–Crippen MR) is 85.1 cm³/mol. The van der Waals surface area contributed by atoms with Crippen LogP contribution >= 0.6 is 0 Å². The molecule has 23 heavy (non-hydrogen) atoms. The molecular formula is C16H21N3O4. The summed E-state index contributed by atoms with van der Waals surface area (Å²) in [5.74, 6) is -1.86. The zero-order chi connectivity index (χ0) is 16.8. The normalized spacial score (nSPS) is 15.1. The first-order valence-electron chi connectivity index (χ1n) is 7.58. The number of para-hydroxylation sites is 1. The number of rotatable bonds is 3. The Morgan fingerprint density at radius 3 is 2.43 bits per heavy atom. The fraction of sp³-hybridized carbons (Fsp3) is 0.438. The van der Waals surface area contributed by atoms with Crippen molar-refractivity contribution >= 4 is 23.5 Å². The van der Waals surface area contributed by atoms with Gasteiger partial charge in [0.25, 0.3) is 0 Å². The molecule has 0 spiro atoms. The Labute approximate surface area is 135 Å². The lowest BCUT2D eigenvalue weighted by molar-refractivity contribution is -0.144. The topological polar surface area (TPSA) is 78.9 Å². The second kappa shape index (κ2) is 7.73. The van der Waals surface area contributed by atoms with E-state index in [0.717, 1.165) is 13.1 Å². The highest BCUT2D eigenvalue weighted by atomic mass is 16.5. The van der Waals surface area contributed by atoms with Crippen LogP contribution in [0.2, 0.25) is 0 Å². The standard InChI is InChI=1S/C16H21N3O4/c1-3-23-16(22)12-6-4-5-7-13(12)17-14(20)15(21)19-10-8-18(2)9-11-19/h4-7H,3,8-11H2,1-2H3,(H,17,20). The zero-order valence-electron chi connectivity index (χ0n) is 13.4. The molecular weight excluding hydrogens is 298 g/mol. The minimum atomic E-state index is -0.744. The number of anilines is 1. The molecule has 1 saturated heterocycles. The number of hydrogen-bond acceptors (Lipinski definition) is 5. The van der Waals surface area contributed by atoms with Crippen LogP contribution < -0.4 is 5.32 Å². The first-order valence-corrected chi connectivity index (χ1v) is 7.58. The molecule has 1 heterocycles. The minimum Gasteiger partial charge on any atom is -0.462 e. The van der Waals surface area contributed by atoms with E-state index in [4.69, 9.17) is 4.74 Å². The molecule has 0 unspecified atom stereocenters. The first kappa shape index (κ1) is 17.0. The number of carbonyl (C=O) groups is 3. The number of carbonyl (C=O) groups excluding carboxylic acids is 3. The van der Waals surface area contributed by atoms with Gasteiger partial charge in [-0.05, 0) is 26.1 Å². The van der Waals surface area contributed by atoms with Gasteiger partial charge in [0.1, 0.15) is 0 Å². The number of nitrogens with zero attached hydrogens (tertiary/aromatic N) is 2. The number of nitrogens with one attached hydrogen (secondary N) is 1. The molecule has 1 aliphatic rings. The van der Waals surface area contributed by atoms with E-state index < -0.39 is 17.8 Å². The highest BCUT2D eigenvalue weighted by Gasteiger charge is 2.26. The first-order chi connectivity index (χ1) is 11.0. The summed E-state index contributed by atoms with van der Waals surface area (Å²) in [6, 6.07) is 6.47. The largest absolute Gasteiger partial charge is 0.462 e. The molecule has 1 aliphatic heterocycles. The van der Waals surface area contributed by atoms with Gasteiger partial charge in [0.2, 0.25) is 0 Å². The average Bonchev–Trinajstić information content (AvgIpc) is 2.55. The van der Waals surface area contributed by atoms with Gasteiger partial charge in [0, 0.05) is 26.2 Å². The van der Waals surface area contributed by atoms with Gasteiger partial charge in [-0.25, -0.2) is 4.79 Å². The van der Waals surface area contributed by atoms with Crippen molar-refractivity contribution in [3.63, 3.8) is 0 Å². The second-order valence-electron chi connectivity index (χ2n) is 5.32. The SMILES string of the molecule is CCOC(=O)c1ccccc1NC(=O)C(=O)N1CCN(C)CC1. The van der Waals surface area contributed by atoms with Crippen molar-refractivity contribution < 1.29 is 19.1 Å². The quantitative estimate of drug-likeness (QED) is 0.651. The van der Waals surface area contributed by atoms with Gasteiger partial charge in [-0.3, -0.25) is 9.59 Å². The summed E-state index contributed by atoms with van der Waals surface area (Å²) in [5, 5.41) is 2.51. The van der Waals surface area contributed by atoms with Gasteiger partial charge in [-0.2, -0.15) is 0 Å². The fourth-order valence-electron chi connectivity index (χ4n) is 2.31. The molecule has 1 N–H and O–H groups in total. The van der Waals surface area contributed by atoms with E-state index in [0.29, 0.717) is 13.1 Å². The molecule has 0 aliphatic carbocycles. The molecule has 2 amide bonds. The van der Waals surface area contributed by atoms with Crippen LogP contribution in [0.25, 0.3) is 0 Å². The van der Waals surface area contributed by atoms with Crippen molar-refractivity contribution in [2.45, 2.75) is 6.92 Å². The molecule has 1 fully saturated rings. The molecule has 0 bridgehead atoms. The molecule has 0 saturated carbocycles. The number of hydrogen-bond donors (Lipinski definition) is 1. The van der Waals surface area contributed by atoms with Crippen molar-refractivity contribution in [2.75, 3.05) is 45.2 Å². The number of benzene rings is 1. The maximum absolute atomic E-state index is 12.2. The Bertz CT molecular complexity index is 595. The molecule has 7 heteroatoms. The van der Waals surface area contributed by atoms with Gasteiger partial charge in [-0.1, -0.05) is 12.1 Å². The molecule has 7 nitrogen and oxygen atoms in total. The van der Waals surface area contributed by atoms with Crippen LogP contribution in [0.3, 0.4) is 0 Å². The maximum Gasteiger partial charge on any atom is 0.340 e. The zero-order valence-corrected chi connectivity index (χ0v) is 13.4. The predicted octanol–water partition coefficient (Wildman–Crippen LogP) is 0.576. The summed E-state index contributed by atoms with van der Waals surface area (Å²) in [6.07, 6.45) is 0. The lowest BCUT2D eigenvalue weighted by atomic mass is 10.1. The number of likely N-dealkylation sites (N-methyl/N-ethyl adjacent to an activating group) is 1. The summed E-state index contributed by atoms with van der Waals surface area (Å²) in [6.45, 7) is 4.44. The van der Waals surface area contributed by atoms with Crippen LogP contribution in [0, 0.1) is 0 Å². The third kappa shape index (κ3) is 4.29. The van der Waals surface area contributed by atoms with Crippen molar-refractivity contribution in [1.29, 1.82) is 0 Å². The van der Waals surface area contributed by atoms with Crippen LogP contribution in [-0.4, -0.2) is 67.4 Å². The molecule has 2 rings (SSSR count). The molecule has 0 aromatic heterocycles. The van der Waals surface area contributed by atoms with E-state index in [9.17, 15) is 14.4 Å². The van der Waals surface area contributed by atoms with Crippen molar-refractivity contribution in [1.82, 2.24) is 9.80 Å². The van der Waals surface area contributed by atoms with E-state index in [1.54, 1.807) is 31.2 Å². The molecule has 1 aromatic rings. The van der Waals surface area contributed by atoms with E-state index in [1.807, 2.05) is 7.05 Å². The van der Waals surface area contributed by atoms with Gasteiger partial charge in [0.15, 0.2) is 0 Å². The molecule has 0 atom stereocenters. The third-order valence-electron chi connectivity index (χ3n) is 3.66. The maximum atomic E-state index is 12.2. The molecule has 0 radical (unpaired) electrons. The molecule has 1 aromatic carbocycles. The summed E-state index contributed by atoms with van der Waals surface area (Å²) in [7, 11) is 1.97. The Kier molecular flexibility index (Phi) is 5.70. The van der Waals surface area contributed by atoms with Gasteiger partial charge < -0.3 is 19.9 Å². The average molecular weight is 319 g/mol. The second-order valence-corrected chi connectivity index (χ2v) is 5.32. The summed E-state index contributed by atoms with van der Waals surface area (Å²) in [5.41, 5.74) is 0.507. The van der Waals surface area contributed by atoms with Crippen LogP contribution in [0.1, 0.15) is 17.3 Å². The van der Waals surface area contributed by atoms with Crippen LogP contribution in [0.5, 0.6) is 0 Å². The lowest BCUT2D eigenvalue weighted by Crippen LogP contribution is -2.50. The summed E-state index contributed by atoms with van der Waals surface area (Å²) < 4.78 is 4.95. The van der Waals surface area contributed by atoms with Gasteiger partial charge in [0.05, 0.1) is 17.9 Å². The number of piperazine rings is 1. The monoisotopic (exact) mass is 319 g/mol. The van der Waals surface area contributed by atoms with Gasteiger partial charge >= 0.3 is 17.8 Å². The van der Waals surface area contributed by atoms with E-state index in [-0.39, 0.29) is 17.9 Å². The summed E-state index contributed by atoms with van der Waals surface area (Å²) >= 11 is 0. The smallest absolute Gasteiger partial charge is 0.340 e. The third-order valence-corrected chi connectivity index (χ3v) is 3.66. The van der Waals surface area contributed by atoms with Crippen LogP contribution in [0.15, 0.2) is 24.3 Å². The Hall–Kier alpha value is -2.41. The fourth-order valence-corrected chi connectivity index (χ4v) is 2.31. The van der Waals surface area contributed by atoms with Gasteiger partial charge in [-0.15, -0.1) is 0 Å². The number of ether oxygens (including phenoxy) is 1. The minimum absolute atomic E-state index is 0.230. The highest BCUT2D eigenvalue weighted by molar-refractivity contribution is 6.39. The summed E-state index contributed by atoms with van der Waals surface area (Å²) in [4.78, 5) is 39.8. The highest BCUT2D eigenvalue weighted by Crippen LogP contribution is 2.16. The van der Waals surface area contributed by atoms with E-state index >= 15 is 0 Å². The molecule has 124 valence electrons. The number of amides is 2. The number of esters is 1. The van der Waals surface area contributed by atoms with E-state index in [1.165, 1.54) is 4.90 Å².